The van der Waals surface area contributed by atoms with Crippen LogP contribution in [0, 0.1) is 48.5 Å². The molecule has 0 N–H and O–H groups in total. The van der Waals surface area contributed by atoms with Crippen molar-refractivity contribution in [3.8, 4) is 0 Å². The van der Waals surface area contributed by atoms with Gasteiger partial charge in [0.1, 0.15) is 11.0 Å². The van der Waals surface area contributed by atoms with Crippen molar-refractivity contribution in [3.63, 3.8) is 0 Å². The van der Waals surface area contributed by atoms with Crippen molar-refractivity contribution in [3.05, 3.63) is 110 Å². The molecule has 2 heterocycles. The largest absolute Gasteiger partial charge is 2.00 e. The summed E-state index contributed by atoms with van der Waals surface area (Å²) in [6.45, 7) is 11.5. The summed E-state index contributed by atoms with van der Waals surface area (Å²) >= 11 is 0. The fourth-order valence-electron chi connectivity index (χ4n) is 6.98. The summed E-state index contributed by atoms with van der Waals surface area (Å²) in [5, 5.41) is 3.03. The second-order valence-electron chi connectivity index (χ2n) is 12.0. The van der Waals surface area contributed by atoms with Crippen LogP contribution < -0.4 is 21.6 Å². The van der Waals surface area contributed by atoms with E-state index < -0.39 is 15.8 Å². The molecule has 5 heteroatoms. The number of benzene rings is 2. The minimum absolute atomic E-state index is 0. The van der Waals surface area contributed by atoms with Gasteiger partial charge < -0.3 is 23.7 Å². The molecule has 4 aromatic rings. The Morgan fingerprint density at radius 2 is 1.05 bits per heavy atom. The maximum atomic E-state index is 6.03. The minimum atomic E-state index is -0.660. The predicted molar refractivity (Wildman–Crippen MR) is 188 cm³/mol. The fraction of sp³-hybridized carbons (Fsp3) is 0.421. The van der Waals surface area contributed by atoms with E-state index in [9.17, 15) is 0 Å². The Balaban J connectivity index is 0.000000734. The van der Waals surface area contributed by atoms with Crippen molar-refractivity contribution in [2.75, 3.05) is 0 Å². The Hall–Kier alpha value is -1.62. The standard InChI is InChI=1S/C31H36O2P2.C5H10.2CH3.Fe/c1-21-15-22(2)18-26(17-21)34(27-19-23(3)16-24(4)20-27)25(5)28-9-6-10-29(28)35(30-11-7-13-32-30)31-12-8-14-33-31;1-2-4-5-3-1;;;/h7-8,11-20,25,28-29H,6,9-10H2,1-5H3;1-5H2;2*1H3;/q;;2*-1;+2. The van der Waals surface area contributed by atoms with Gasteiger partial charge in [-0.1, -0.05) is 104 Å². The molecule has 0 spiro atoms. The van der Waals surface area contributed by atoms with Crippen LogP contribution in [0.1, 0.15) is 80.5 Å². The molecule has 0 radical (unpaired) electrons. The van der Waals surface area contributed by atoms with Gasteiger partial charge in [-0.05, 0) is 101 Å². The summed E-state index contributed by atoms with van der Waals surface area (Å²) in [4.78, 5) is 0. The van der Waals surface area contributed by atoms with Crippen molar-refractivity contribution in [2.24, 2.45) is 5.92 Å². The molecule has 0 aliphatic heterocycles. The molecule has 2 aromatic carbocycles. The molecule has 3 atom stereocenters. The van der Waals surface area contributed by atoms with Crippen molar-refractivity contribution in [1.82, 2.24) is 0 Å². The van der Waals surface area contributed by atoms with Crippen molar-refractivity contribution in [2.45, 2.75) is 97.3 Å². The van der Waals surface area contributed by atoms with Gasteiger partial charge in [0, 0.05) is 7.92 Å². The van der Waals surface area contributed by atoms with E-state index in [4.69, 9.17) is 8.83 Å². The Bertz CT molecular complexity index is 1210. The van der Waals surface area contributed by atoms with E-state index in [0.29, 0.717) is 17.2 Å². The first kappa shape index (κ1) is 37.6. The van der Waals surface area contributed by atoms with Gasteiger partial charge in [0.05, 0.1) is 12.5 Å². The maximum absolute atomic E-state index is 6.03. The number of aryl methyl sites for hydroxylation is 4. The molecule has 2 aliphatic rings. The molecular formula is C38H52FeO2P2. The molecule has 2 nitrogen and oxygen atoms in total. The quantitative estimate of drug-likeness (QED) is 0.112. The summed E-state index contributed by atoms with van der Waals surface area (Å²) < 4.78 is 12.1. The van der Waals surface area contributed by atoms with Crippen LogP contribution in [0.3, 0.4) is 0 Å². The monoisotopic (exact) mass is 658 g/mol. The number of furan rings is 2. The molecule has 0 bridgehead atoms. The summed E-state index contributed by atoms with van der Waals surface area (Å²) in [7, 11) is -1.17. The molecule has 2 aromatic heterocycles. The number of rotatable bonds is 7. The molecule has 0 amide bonds. The second-order valence-corrected chi connectivity index (χ2v) is 16.9. The van der Waals surface area contributed by atoms with Crippen LogP contribution in [-0.4, -0.2) is 11.3 Å². The van der Waals surface area contributed by atoms with Gasteiger partial charge in [-0.15, -0.1) is 0 Å². The average Bonchev–Trinajstić information content (AvgIpc) is 3.74. The zero-order valence-electron chi connectivity index (χ0n) is 27.4. The van der Waals surface area contributed by atoms with Crippen molar-refractivity contribution in [1.29, 1.82) is 0 Å². The molecule has 0 saturated heterocycles. The minimum Gasteiger partial charge on any atom is -0.464 e. The van der Waals surface area contributed by atoms with Gasteiger partial charge in [-0.25, -0.2) is 0 Å². The van der Waals surface area contributed by atoms with E-state index in [0.717, 1.165) is 11.0 Å². The smallest absolute Gasteiger partial charge is 0.464 e. The first-order valence-electron chi connectivity index (χ1n) is 15.2. The second kappa shape index (κ2) is 17.8. The Kier molecular flexibility index (Phi) is 15.5. The van der Waals surface area contributed by atoms with Crippen LogP contribution in [0.4, 0.5) is 0 Å². The summed E-state index contributed by atoms with van der Waals surface area (Å²) in [6, 6.07) is 22.7. The normalized spacial score (nSPS) is 18.3. The van der Waals surface area contributed by atoms with Gasteiger partial charge in [-0.3, -0.25) is 0 Å². The van der Waals surface area contributed by atoms with Crippen LogP contribution in [-0.2, 0) is 17.1 Å². The molecule has 6 rings (SSSR count). The van der Waals surface area contributed by atoms with Gasteiger partial charge in [-0.2, -0.15) is 0 Å². The van der Waals surface area contributed by atoms with Crippen LogP contribution in [0.2, 0.25) is 0 Å². The Labute approximate surface area is 275 Å². The zero-order valence-corrected chi connectivity index (χ0v) is 30.3. The number of hydrogen-bond acceptors (Lipinski definition) is 2. The van der Waals surface area contributed by atoms with Crippen LogP contribution in [0.25, 0.3) is 0 Å². The third-order valence-electron chi connectivity index (χ3n) is 8.60. The van der Waals surface area contributed by atoms with Gasteiger partial charge in [0.25, 0.3) is 0 Å². The van der Waals surface area contributed by atoms with E-state index in [-0.39, 0.29) is 31.9 Å². The predicted octanol–water partition coefficient (Wildman–Crippen LogP) is 10.1. The van der Waals surface area contributed by atoms with E-state index in [1.54, 1.807) is 0 Å². The SMILES string of the molecule is C1CCCC1.Cc1cc(C)cc(P(c2cc(C)cc(C)c2)C(C)C2CCCC2P(c2ccco2)c2ccco2)c1.[CH3-].[CH3-].[Fe+2]. The van der Waals surface area contributed by atoms with E-state index in [1.165, 1.54) is 84.2 Å². The molecule has 2 aliphatic carbocycles. The van der Waals surface area contributed by atoms with Gasteiger partial charge >= 0.3 is 17.1 Å². The third kappa shape index (κ3) is 9.44. The first-order valence-corrected chi connectivity index (χ1v) is 18.0. The topological polar surface area (TPSA) is 26.3 Å². The van der Waals surface area contributed by atoms with E-state index in [1.807, 2.05) is 24.7 Å². The molecule has 43 heavy (non-hydrogen) atoms. The van der Waals surface area contributed by atoms with E-state index >= 15 is 0 Å². The van der Waals surface area contributed by atoms with Crippen LogP contribution >= 0.6 is 15.8 Å². The molecule has 2 fully saturated rings. The molecule has 3 unspecified atom stereocenters. The van der Waals surface area contributed by atoms with Crippen LogP contribution in [0.5, 0.6) is 0 Å². The van der Waals surface area contributed by atoms with Crippen LogP contribution in [0.15, 0.2) is 82.0 Å². The van der Waals surface area contributed by atoms with Gasteiger partial charge in [0.15, 0.2) is 0 Å². The maximum Gasteiger partial charge on any atom is 2.00 e. The Morgan fingerprint density at radius 3 is 1.42 bits per heavy atom. The van der Waals surface area contributed by atoms with E-state index in [2.05, 4.69) is 83.1 Å². The molecular weight excluding hydrogens is 606 g/mol. The summed E-state index contributed by atoms with van der Waals surface area (Å²) in [5.74, 6) is 0.629. The van der Waals surface area contributed by atoms with Crippen molar-refractivity contribution < 1.29 is 25.9 Å². The average molecular weight is 659 g/mol. The first-order chi connectivity index (χ1) is 19.4. The van der Waals surface area contributed by atoms with Crippen molar-refractivity contribution >= 4 is 37.5 Å². The number of hydrogen-bond donors (Lipinski definition) is 0. The summed E-state index contributed by atoms with van der Waals surface area (Å²) in [6.07, 6.45) is 14.9. The fourth-order valence-corrected chi connectivity index (χ4v) is 13.4. The van der Waals surface area contributed by atoms with Gasteiger partial charge in [0.2, 0.25) is 0 Å². The Morgan fingerprint density at radius 1 is 0.628 bits per heavy atom. The molecule has 2 saturated carbocycles. The summed E-state index contributed by atoms with van der Waals surface area (Å²) in [5.41, 5.74) is 8.78. The molecule has 234 valence electrons. The zero-order chi connectivity index (χ0) is 28.1. The third-order valence-corrected chi connectivity index (χ3v) is 14.2.